The van der Waals surface area contributed by atoms with Gasteiger partial charge in [-0.25, -0.2) is 19.6 Å². The summed E-state index contributed by atoms with van der Waals surface area (Å²) in [6, 6.07) is -0.915. The summed E-state index contributed by atoms with van der Waals surface area (Å²) < 4.78 is 4.83. The van der Waals surface area contributed by atoms with E-state index in [1.807, 2.05) is 13.8 Å². The quantitative estimate of drug-likeness (QED) is 0.446. The number of ether oxygens (including phenoxy) is 1. The Kier molecular flexibility index (Phi) is 5.99. The van der Waals surface area contributed by atoms with Gasteiger partial charge in [-0.2, -0.15) is 0 Å². The minimum Gasteiger partial charge on any atom is -0.465 e. The Bertz CT molecular complexity index is 704. The van der Waals surface area contributed by atoms with E-state index in [2.05, 4.69) is 15.3 Å². The van der Waals surface area contributed by atoms with Crippen molar-refractivity contribution in [3.63, 3.8) is 0 Å². The number of hydrogen-bond acceptors (Lipinski definition) is 7. The zero-order chi connectivity index (χ0) is 18.7. The molecule has 1 aliphatic rings. The Morgan fingerprint density at radius 1 is 1.28 bits per heavy atom. The maximum Gasteiger partial charge on any atom is 0.342 e. The van der Waals surface area contributed by atoms with Gasteiger partial charge in [0.1, 0.15) is 16.4 Å². The number of methoxy groups -OCH3 is 1. The number of nitrogens with zero attached hydrogens (tertiary/aromatic N) is 2. The number of nitrogens with two attached hydrogens (primary N) is 1. The molecular formula is C16H22N4O4S. The molecule has 0 aliphatic heterocycles. The normalized spacial score (nSPS) is 14.9. The molecule has 0 bridgehead atoms. The first-order valence-electron chi connectivity index (χ1n) is 7.98. The van der Waals surface area contributed by atoms with Gasteiger partial charge in [0.25, 0.3) is 0 Å². The van der Waals surface area contributed by atoms with Gasteiger partial charge in [0.05, 0.1) is 18.1 Å². The highest BCUT2D eigenvalue weighted by atomic mass is 32.2. The SMILES string of the molecule is COC(=O)c1c(C)nc(C2CC2)nc1S[C@H](C(=O)NC(N)=O)C(C)C. The fourth-order valence-electron chi connectivity index (χ4n) is 2.32. The molecule has 3 amide bonds. The fraction of sp³-hybridized carbons (Fsp3) is 0.562. The minimum atomic E-state index is -0.915. The highest BCUT2D eigenvalue weighted by molar-refractivity contribution is 8.00. The Labute approximate surface area is 150 Å². The average Bonchev–Trinajstić information content (AvgIpc) is 3.35. The van der Waals surface area contributed by atoms with Crippen LogP contribution >= 0.6 is 11.8 Å². The van der Waals surface area contributed by atoms with Crippen LogP contribution in [0.5, 0.6) is 0 Å². The molecule has 1 aliphatic carbocycles. The Morgan fingerprint density at radius 3 is 2.40 bits per heavy atom. The zero-order valence-electron chi connectivity index (χ0n) is 14.7. The van der Waals surface area contributed by atoms with Crippen LogP contribution in [-0.4, -0.2) is 40.2 Å². The molecule has 0 saturated heterocycles. The number of esters is 1. The van der Waals surface area contributed by atoms with Crippen molar-refractivity contribution in [2.24, 2.45) is 11.7 Å². The molecule has 1 heterocycles. The van der Waals surface area contributed by atoms with Gasteiger partial charge in [-0.05, 0) is 25.7 Å². The third-order valence-electron chi connectivity index (χ3n) is 3.75. The Hall–Kier alpha value is -2.16. The lowest BCUT2D eigenvalue weighted by molar-refractivity contribution is -0.120. The zero-order valence-corrected chi connectivity index (χ0v) is 15.5. The first kappa shape index (κ1) is 19.2. The third-order valence-corrected chi connectivity index (χ3v) is 5.29. The molecule has 1 aromatic rings. The van der Waals surface area contributed by atoms with Gasteiger partial charge in [0.15, 0.2) is 0 Å². The molecule has 9 heteroatoms. The number of aromatic nitrogens is 2. The summed E-state index contributed by atoms with van der Waals surface area (Å²) in [4.78, 5) is 44.3. The van der Waals surface area contributed by atoms with Gasteiger partial charge in [0.2, 0.25) is 5.91 Å². The molecule has 136 valence electrons. The van der Waals surface area contributed by atoms with E-state index in [-0.39, 0.29) is 11.5 Å². The summed E-state index contributed by atoms with van der Waals surface area (Å²) in [6.07, 6.45) is 2.02. The molecule has 25 heavy (non-hydrogen) atoms. The number of rotatable bonds is 6. The topological polar surface area (TPSA) is 124 Å². The van der Waals surface area contributed by atoms with Crippen molar-refractivity contribution in [1.82, 2.24) is 15.3 Å². The number of carbonyl (C=O) groups is 3. The molecule has 1 fully saturated rings. The first-order chi connectivity index (χ1) is 11.7. The van der Waals surface area contributed by atoms with Crippen LogP contribution in [0.25, 0.3) is 0 Å². The van der Waals surface area contributed by atoms with Crippen LogP contribution in [-0.2, 0) is 9.53 Å². The second kappa shape index (κ2) is 7.81. The second-order valence-corrected chi connectivity index (χ2v) is 7.38. The fourth-order valence-corrected chi connectivity index (χ4v) is 3.49. The lowest BCUT2D eigenvalue weighted by Gasteiger charge is -2.20. The third kappa shape index (κ3) is 4.68. The summed E-state index contributed by atoms with van der Waals surface area (Å²) in [5, 5.41) is 1.84. The molecule has 1 saturated carbocycles. The molecular weight excluding hydrogens is 344 g/mol. The van der Waals surface area contributed by atoms with Crippen LogP contribution in [0.2, 0.25) is 0 Å². The van der Waals surface area contributed by atoms with Crippen LogP contribution in [0.15, 0.2) is 5.03 Å². The highest BCUT2D eigenvalue weighted by Crippen LogP contribution is 2.40. The van der Waals surface area contributed by atoms with Crippen molar-refractivity contribution in [1.29, 1.82) is 0 Å². The van der Waals surface area contributed by atoms with Crippen LogP contribution in [0.3, 0.4) is 0 Å². The van der Waals surface area contributed by atoms with Crippen LogP contribution < -0.4 is 11.1 Å². The average molecular weight is 366 g/mol. The van der Waals surface area contributed by atoms with E-state index in [0.717, 1.165) is 24.6 Å². The molecule has 0 unspecified atom stereocenters. The first-order valence-corrected chi connectivity index (χ1v) is 8.86. The summed E-state index contributed by atoms with van der Waals surface area (Å²) in [7, 11) is 1.28. The van der Waals surface area contributed by atoms with Gasteiger partial charge in [-0.3, -0.25) is 10.1 Å². The number of aryl methyl sites for hydroxylation is 1. The maximum atomic E-state index is 12.3. The second-order valence-electron chi connectivity index (χ2n) is 6.25. The predicted octanol–water partition coefficient (Wildman–Crippen LogP) is 1.76. The smallest absolute Gasteiger partial charge is 0.342 e. The standard InChI is InChI=1S/C16H22N4O4S/c1-7(2)11(13(21)20-16(17)23)25-14-10(15(22)24-4)8(3)18-12(19-14)9-5-6-9/h7,9,11H,5-6H2,1-4H3,(H3,17,20,21,23)/t11-/m0/s1. The number of carbonyl (C=O) groups excluding carboxylic acids is 3. The number of amides is 3. The summed E-state index contributed by atoms with van der Waals surface area (Å²) in [5.74, 6) is -0.227. The van der Waals surface area contributed by atoms with Crippen LogP contribution in [0.4, 0.5) is 4.79 Å². The number of imide groups is 1. The lowest BCUT2D eigenvalue weighted by Crippen LogP contribution is -2.42. The molecule has 0 aromatic carbocycles. The van der Waals surface area contributed by atoms with Crippen molar-refractivity contribution >= 4 is 29.7 Å². The van der Waals surface area contributed by atoms with E-state index < -0.39 is 23.2 Å². The van der Waals surface area contributed by atoms with E-state index >= 15 is 0 Å². The minimum absolute atomic E-state index is 0.116. The Balaban J connectivity index is 2.41. The highest BCUT2D eigenvalue weighted by Gasteiger charge is 2.32. The van der Waals surface area contributed by atoms with Gasteiger partial charge >= 0.3 is 12.0 Å². The molecule has 2 rings (SSSR count). The van der Waals surface area contributed by atoms with Gasteiger partial charge in [0, 0.05) is 5.92 Å². The molecule has 0 radical (unpaired) electrons. The summed E-state index contributed by atoms with van der Waals surface area (Å²) in [6.45, 7) is 5.40. The van der Waals surface area contributed by atoms with Crippen molar-refractivity contribution in [3.05, 3.63) is 17.1 Å². The van der Waals surface area contributed by atoms with Crippen molar-refractivity contribution in [2.75, 3.05) is 7.11 Å². The number of thioether (sulfide) groups is 1. The van der Waals surface area contributed by atoms with E-state index in [4.69, 9.17) is 10.5 Å². The van der Waals surface area contributed by atoms with Gasteiger partial charge in [-0.15, -0.1) is 0 Å². The van der Waals surface area contributed by atoms with E-state index in [1.54, 1.807) is 6.92 Å². The summed E-state index contributed by atoms with van der Waals surface area (Å²) >= 11 is 1.12. The van der Waals surface area contributed by atoms with Gasteiger partial charge in [-0.1, -0.05) is 25.6 Å². The number of hydrogen-bond donors (Lipinski definition) is 2. The maximum absolute atomic E-state index is 12.3. The Morgan fingerprint density at radius 2 is 1.92 bits per heavy atom. The predicted molar refractivity (Wildman–Crippen MR) is 92.3 cm³/mol. The van der Waals surface area contributed by atoms with Crippen molar-refractivity contribution < 1.29 is 19.1 Å². The monoisotopic (exact) mass is 366 g/mol. The van der Waals surface area contributed by atoms with E-state index in [9.17, 15) is 14.4 Å². The molecule has 1 atom stereocenters. The largest absolute Gasteiger partial charge is 0.465 e. The molecule has 0 spiro atoms. The molecule has 3 N–H and O–H groups in total. The van der Waals surface area contributed by atoms with E-state index in [1.165, 1.54) is 7.11 Å². The van der Waals surface area contributed by atoms with Crippen LogP contribution in [0, 0.1) is 12.8 Å². The molecule has 1 aromatic heterocycles. The van der Waals surface area contributed by atoms with Crippen molar-refractivity contribution in [3.8, 4) is 0 Å². The number of primary amides is 1. The van der Waals surface area contributed by atoms with Gasteiger partial charge < -0.3 is 10.5 Å². The number of nitrogens with one attached hydrogen (secondary N) is 1. The summed E-state index contributed by atoms with van der Waals surface area (Å²) in [5.41, 5.74) is 5.80. The van der Waals surface area contributed by atoms with Crippen molar-refractivity contribution in [2.45, 2.75) is 49.8 Å². The van der Waals surface area contributed by atoms with E-state index in [0.29, 0.717) is 22.5 Å². The van der Waals surface area contributed by atoms with Crippen LogP contribution in [0.1, 0.15) is 54.5 Å². The number of urea groups is 1. The molecule has 8 nitrogen and oxygen atoms in total. The lowest BCUT2D eigenvalue weighted by atomic mass is 10.1.